The fourth-order valence-corrected chi connectivity index (χ4v) is 9.87. The number of aliphatic carboxylic acids is 2. The minimum absolute atomic E-state index is 0. The van der Waals surface area contributed by atoms with Crippen LogP contribution in [-0.2, 0) is 28.8 Å². The van der Waals surface area contributed by atoms with Crippen LogP contribution >= 0.6 is 23.2 Å². The van der Waals surface area contributed by atoms with Gasteiger partial charge in [-0.05, 0) is 186 Å². The van der Waals surface area contributed by atoms with Crippen molar-refractivity contribution in [2.24, 2.45) is 10.8 Å². The number of carboxylic acid groups (broad SMARTS) is 2. The Balaban J connectivity index is 0.000000232. The summed E-state index contributed by atoms with van der Waals surface area (Å²) in [6.07, 6.45) is 8.53. The van der Waals surface area contributed by atoms with Crippen LogP contribution in [0, 0.1) is 22.5 Å². The van der Waals surface area contributed by atoms with Gasteiger partial charge in [-0.15, -0.1) is 0 Å². The summed E-state index contributed by atoms with van der Waals surface area (Å²) in [5.74, 6) is -1.32. The van der Waals surface area contributed by atoms with Gasteiger partial charge in [-0.25, -0.2) is 8.78 Å². The molecule has 20 nitrogen and oxygen atoms in total. The van der Waals surface area contributed by atoms with Crippen LogP contribution in [0.4, 0.5) is 31.5 Å². The van der Waals surface area contributed by atoms with Crippen LogP contribution in [0.25, 0.3) is 21.8 Å². The third-order valence-electron chi connectivity index (χ3n) is 14.8. The van der Waals surface area contributed by atoms with Gasteiger partial charge in [0.15, 0.2) is 23.0 Å². The number of anilines is 4. The number of carbonyl (C=O) groups excluding carboxylic acids is 6. The van der Waals surface area contributed by atoms with Gasteiger partial charge in [-0.2, -0.15) is 0 Å². The number of unbranched alkanes of at least 4 members (excludes halogenated alkanes) is 4. The fourth-order valence-electron chi connectivity index (χ4n) is 9.43. The normalized spacial score (nSPS) is 13.0. The molecule has 0 radical (unpaired) electrons. The molecular formula is C66H60Cl2F2MgN6O14. The third kappa shape index (κ3) is 17.7. The maximum absolute atomic E-state index is 13.2. The average Bonchev–Trinajstić information content (AvgIpc) is 1.73. The van der Waals surface area contributed by atoms with Crippen molar-refractivity contribution in [3.05, 3.63) is 155 Å². The molecule has 2 aliphatic rings. The summed E-state index contributed by atoms with van der Waals surface area (Å²) in [4.78, 5) is 81.9. The van der Waals surface area contributed by atoms with Crippen molar-refractivity contribution >= 4 is 126 Å². The summed E-state index contributed by atoms with van der Waals surface area (Å²) in [5.41, 5.74) is 0.331. The van der Waals surface area contributed by atoms with Crippen molar-refractivity contribution in [2.75, 3.05) is 48.7 Å². The number of pyridine rings is 2. The molecule has 0 unspecified atom stereocenters. The number of carboxylic acids is 2. The van der Waals surface area contributed by atoms with Gasteiger partial charge in [0.25, 0.3) is 0 Å². The summed E-state index contributed by atoms with van der Waals surface area (Å²) in [5, 5.41) is 33.8. The molecule has 0 saturated heterocycles. The van der Waals surface area contributed by atoms with Crippen molar-refractivity contribution in [2.45, 2.75) is 77.0 Å². The largest absolute Gasteiger partial charge is 2.00 e. The molecule has 91 heavy (non-hydrogen) atoms. The Labute approximate surface area is 547 Å². The number of fused-ring (bicyclic) bond motifs is 2. The number of nitrogens with zero attached hydrogens (tertiary/aromatic N) is 2. The number of hydrogen-bond donors (Lipinski definition) is 4. The Morgan fingerprint density at radius 2 is 0.802 bits per heavy atom. The van der Waals surface area contributed by atoms with Crippen LogP contribution in [0.2, 0.25) is 10.0 Å². The van der Waals surface area contributed by atoms with Gasteiger partial charge < -0.3 is 69.5 Å². The molecule has 2 aliphatic carbocycles. The zero-order valence-electron chi connectivity index (χ0n) is 49.4. The predicted molar refractivity (Wildman–Crippen MR) is 334 cm³/mol. The zero-order chi connectivity index (χ0) is 64.0. The van der Waals surface area contributed by atoms with Crippen molar-refractivity contribution in [3.8, 4) is 46.0 Å². The van der Waals surface area contributed by atoms with Gasteiger partial charge in [0, 0.05) is 70.0 Å². The first-order chi connectivity index (χ1) is 43.4. The van der Waals surface area contributed by atoms with Gasteiger partial charge in [0.1, 0.15) is 45.5 Å². The van der Waals surface area contributed by atoms with Crippen molar-refractivity contribution in [1.29, 1.82) is 0 Å². The van der Waals surface area contributed by atoms with E-state index < -0.39 is 58.0 Å². The quantitative estimate of drug-likeness (QED) is 0.0201. The predicted octanol–water partition coefficient (Wildman–Crippen LogP) is 11.4. The van der Waals surface area contributed by atoms with E-state index in [0.717, 1.165) is 0 Å². The van der Waals surface area contributed by atoms with E-state index in [4.69, 9.17) is 51.6 Å². The number of halogens is 4. The standard InChI is InChI=1S/2C33H31ClFN3O7.Mg/c2*1-43-28-18-23-25(19-29(28)44-16-4-2-3-5-30(39)40)36-15-12-26(23)45-27-11-10-22(17-24(27)34)38-32(42)33(13-14-33)31(41)37-21-8-6-20(35)7-9-21;/h2*6-12,15,17-19H,2-5,13-14,16H2,1H3,(H,37,41)(H,38,42)(H,39,40);/q;;+2/p-2. The van der Waals surface area contributed by atoms with Crippen molar-refractivity contribution < 1.29 is 76.2 Å². The molecule has 4 N–H and O–H groups in total. The number of nitrogens with one attached hydrogen (secondary N) is 4. The maximum Gasteiger partial charge on any atom is 2.00 e. The average molecular weight is 1290 g/mol. The first kappa shape index (κ1) is 67.9. The second kappa shape index (κ2) is 31.1. The zero-order valence-corrected chi connectivity index (χ0v) is 52.4. The Hall–Kier alpha value is -9.03. The van der Waals surface area contributed by atoms with Gasteiger partial charge in [-0.1, -0.05) is 23.2 Å². The molecule has 0 atom stereocenters. The van der Waals surface area contributed by atoms with Gasteiger partial charge in [0.2, 0.25) is 23.6 Å². The van der Waals surface area contributed by atoms with Crippen LogP contribution in [0.3, 0.4) is 0 Å². The smallest absolute Gasteiger partial charge is 0.550 e. The second-order valence-electron chi connectivity index (χ2n) is 21.2. The summed E-state index contributed by atoms with van der Waals surface area (Å²) < 4.78 is 61.5. The Bertz CT molecular complexity index is 3720. The van der Waals surface area contributed by atoms with Crippen LogP contribution in [0.15, 0.2) is 134 Å². The van der Waals surface area contributed by atoms with Crippen LogP contribution in [0.5, 0.6) is 46.0 Å². The first-order valence-corrected chi connectivity index (χ1v) is 29.4. The molecule has 0 aliphatic heterocycles. The molecule has 4 amide bonds. The van der Waals surface area contributed by atoms with Crippen molar-refractivity contribution in [3.63, 3.8) is 0 Å². The van der Waals surface area contributed by atoms with E-state index in [1.807, 2.05) is 0 Å². The number of benzene rings is 6. The van der Waals surface area contributed by atoms with E-state index in [-0.39, 0.29) is 45.9 Å². The molecule has 0 bridgehead atoms. The van der Waals surface area contributed by atoms with Crippen LogP contribution < -0.4 is 59.9 Å². The molecule has 468 valence electrons. The Morgan fingerprint density at radius 3 is 1.13 bits per heavy atom. The van der Waals surface area contributed by atoms with E-state index in [1.165, 1.54) is 74.9 Å². The van der Waals surface area contributed by atoms with Crippen molar-refractivity contribution in [1.82, 2.24) is 9.97 Å². The molecule has 2 heterocycles. The molecule has 8 aromatic rings. The minimum Gasteiger partial charge on any atom is -0.550 e. The van der Waals surface area contributed by atoms with Gasteiger partial charge in [0.05, 0.1) is 48.5 Å². The van der Waals surface area contributed by atoms with Crippen LogP contribution in [0.1, 0.15) is 77.0 Å². The maximum atomic E-state index is 13.2. The van der Waals surface area contributed by atoms with E-state index in [0.29, 0.717) is 168 Å². The number of methoxy groups -OCH3 is 2. The Morgan fingerprint density at radius 1 is 0.451 bits per heavy atom. The molecule has 0 spiro atoms. The van der Waals surface area contributed by atoms with Gasteiger partial charge in [-0.3, -0.25) is 29.1 Å². The van der Waals surface area contributed by atoms with Gasteiger partial charge >= 0.3 is 23.1 Å². The third-order valence-corrected chi connectivity index (χ3v) is 15.4. The first-order valence-electron chi connectivity index (χ1n) is 28.7. The monoisotopic (exact) mass is 1290 g/mol. The topological polar surface area (TPSA) is 278 Å². The summed E-state index contributed by atoms with van der Waals surface area (Å²) in [7, 11) is 3.04. The molecule has 2 saturated carbocycles. The Kier molecular flexibility index (Phi) is 23.2. The molecule has 25 heteroatoms. The molecule has 2 fully saturated rings. The summed E-state index contributed by atoms with van der Waals surface area (Å²) in [6, 6.07) is 30.5. The van der Waals surface area contributed by atoms with E-state index in [9.17, 15) is 47.8 Å². The number of ether oxygens (including phenoxy) is 6. The molecule has 6 aromatic carbocycles. The SMILES string of the molecule is COc1cc2c(Oc3ccc(NC(=O)C4(C(=O)Nc5ccc(F)cc5)CC4)cc3Cl)ccnc2cc1OCCCCCC(=O)[O-].COc1cc2c(Oc3ccc(NC(=O)C4(C(=O)Nc5ccc(F)cc5)CC4)cc3Cl)ccnc2cc1OCCCCCC(=O)[O-].[Mg+2]. The minimum atomic E-state index is -1.22. The number of aromatic nitrogens is 2. The number of amides is 4. The molecular weight excluding hydrogens is 1230 g/mol. The fraction of sp³-hybridized carbons (Fsp3) is 0.273. The second-order valence-corrected chi connectivity index (χ2v) is 22.0. The number of carbonyl (C=O) groups is 6. The van der Waals surface area contributed by atoms with E-state index >= 15 is 0 Å². The summed E-state index contributed by atoms with van der Waals surface area (Å²) in [6.45, 7) is 0.757. The van der Waals surface area contributed by atoms with E-state index in [2.05, 4.69) is 31.2 Å². The molecule has 10 rings (SSSR count). The number of hydrogen-bond acceptors (Lipinski definition) is 16. The van der Waals surface area contributed by atoms with E-state index in [1.54, 1.807) is 73.1 Å². The number of rotatable bonds is 28. The van der Waals surface area contributed by atoms with Crippen LogP contribution in [-0.4, -0.2) is 96.0 Å². The molecule has 2 aromatic heterocycles. The summed E-state index contributed by atoms with van der Waals surface area (Å²) >= 11 is 13.1.